The lowest BCUT2D eigenvalue weighted by Gasteiger charge is -2.07. The summed E-state index contributed by atoms with van der Waals surface area (Å²) >= 11 is 5.77. The lowest BCUT2D eigenvalue weighted by Crippen LogP contribution is -2.12. The summed E-state index contributed by atoms with van der Waals surface area (Å²) in [5.74, 6) is 0.298. The van der Waals surface area contributed by atoms with E-state index in [-0.39, 0.29) is 5.91 Å². The van der Waals surface area contributed by atoms with Crippen LogP contribution in [0.5, 0.6) is 0 Å². The van der Waals surface area contributed by atoms with E-state index in [4.69, 9.17) is 11.6 Å². The largest absolute Gasteiger partial charge is 0.322 e. The van der Waals surface area contributed by atoms with Crippen molar-refractivity contribution in [1.82, 2.24) is 0 Å². The molecule has 0 radical (unpaired) electrons. The molecule has 0 fully saturated rings. The molecule has 3 heteroatoms. The van der Waals surface area contributed by atoms with E-state index in [0.717, 1.165) is 17.7 Å². The second kappa shape index (κ2) is 6.39. The van der Waals surface area contributed by atoms with Crippen molar-refractivity contribution >= 4 is 23.2 Å². The number of rotatable bonds is 4. The van der Waals surface area contributed by atoms with Crippen LogP contribution in [0.2, 0.25) is 0 Å². The summed E-state index contributed by atoms with van der Waals surface area (Å²) in [7, 11) is 0. The number of nitrogens with one attached hydrogen (secondary N) is 1. The molecule has 0 heterocycles. The van der Waals surface area contributed by atoms with Crippen molar-refractivity contribution in [1.29, 1.82) is 0 Å². The first-order valence-corrected chi connectivity index (χ1v) is 6.81. The van der Waals surface area contributed by atoms with Gasteiger partial charge in [-0.05, 0) is 41.8 Å². The van der Waals surface area contributed by atoms with Crippen LogP contribution < -0.4 is 5.32 Å². The van der Waals surface area contributed by atoms with Crippen LogP contribution in [-0.2, 0) is 12.3 Å². The summed E-state index contributed by atoms with van der Waals surface area (Å²) in [6.45, 7) is 2.09. The molecule has 0 aliphatic rings. The van der Waals surface area contributed by atoms with E-state index in [0.29, 0.717) is 11.4 Å². The lowest BCUT2D eigenvalue weighted by atomic mass is 10.1. The minimum atomic E-state index is -0.111. The van der Waals surface area contributed by atoms with Gasteiger partial charge in [0.05, 0.1) is 0 Å². The van der Waals surface area contributed by atoms with Gasteiger partial charge in [-0.1, -0.05) is 31.2 Å². The maximum atomic E-state index is 12.1. The normalized spacial score (nSPS) is 10.2. The zero-order valence-electron chi connectivity index (χ0n) is 10.8. The zero-order valence-corrected chi connectivity index (χ0v) is 11.6. The van der Waals surface area contributed by atoms with Crippen LogP contribution in [0.25, 0.3) is 0 Å². The molecule has 2 rings (SSSR count). The first-order valence-electron chi connectivity index (χ1n) is 6.28. The molecule has 98 valence electrons. The van der Waals surface area contributed by atoms with Gasteiger partial charge in [-0.3, -0.25) is 4.79 Å². The smallest absolute Gasteiger partial charge is 0.255 e. The van der Waals surface area contributed by atoms with Crippen molar-refractivity contribution in [3.05, 3.63) is 65.2 Å². The second-order valence-corrected chi connectivity index (χ2v) is 4.61. The van der Waals surface area contributed by atoms with Gasteiger partial charge in [0, 0.05) is 17.1 Å². The van der Waals surface area contributed by atoms with Crippen LogP contribution in [0.4, 0.5) is 5.69 Å². The van der Waals surface area contributed by atoms with Crippen LogP contribution >= 0.6 is 11.6 Å². The standard InChI is InChI=1S/C16H16ClNO/c1-2-12-5-4-8-15(10-12)18-16(19)14-7-3-6-13(9-14)11-17/h3-10H,2,11H2,1H3,(H,18,19). The van der Waals surface area contributed by atoms with Gasteiger partial charge in [0.1, 0.15) is 0 Å². The summed E-state index contributed by atoms with van der Waals surface area (Å²) in [6, 6.07) is 15.2. The van der Waals surface area contributed by atoms with Gasteiger partial charge in [-0.25, -0.2) is 0 Å². The molecule has 0 aromatic heterocycles. The molecule has 0 bridgehead atoms. The van der Waals surface area contributed by atoms with Crippen LogP contribution in [0.3, 0.4) is 0 Å². The Kier molecular flexibility index (Phi) is 4.58. The Hall–Kier alpha value is -1.80. The fourth-order valence-electron chi connectivity index (χ4n) is 1.87. The monoisotopic (exact) mass is 273 g/mol. The Balaban J connectivity index is 2.15. The number of amides is 1. The third kappa shape index (κ3) is 3.58. The molecule has 0 saturated carbocycles. The van der Waals surface area contributed by atoms with Gasteiger partial charge in [-0.2, -0.15) is 0 Å². The predicted octanol–water partition coefficient (Wildman–Crippen LogP) is 4.24. The SMILES string of the molecule is CCc1cccc(NC(=O)c2cccc(CCl)c2)c1. The van der Waals surface area contributed by atoms with E-state index in [1.165, 1.54) is 5.56 Å². The molecular weight excluding hydrogens is 258 g/mol. The number of halogens is 1. The molecule has 1 N–H and O–H groups in total. The first kappa shape index (κ1) is 13.6. The molecule has 0 aliphatic heterocycles. The third-order valence-electron chi connectivity index (χ3n) is 2.94. The number of carbonyl (C=O) groups excluding carboxylic acids is 1. The average Bonchev–Trinajstić information content (AvgIpc) is 2.47. The minimum absolute atomic E-state index is 0.111. The molecular formula is C16H16ClNO. The van der Waals surface area contributed by atoms with Crippen molar-refractivity contribution in [3.63, 3.8) is 0 Å². The van der Waals surface area contributed by atoms with E-state index in [2.05, 4.69) is 12.2 Å². The summed E-state index contributed by atoms with van der Waals surface area (Å²) in [6.07, 6.45) is 0.950. The van der Waals surface area contributed by atoms with E-state index in [1.807, 2.05) is 42.5 Å². The van der Waals surface area contributed by atoms with E-state index < -0.39 is 0 Å². The van der Waals surface area contributed by atoms with Crippen molar-refractivity contribution in [2.24, 2.45) is 0 Å². The summed E-state index contributed by atoms with van der Waals surface area (Å²) in [5.41, 5.74) is 3.59. The highest BCUT2D eigenvalue weighted by molar-refractivity contribution is 6.17. The Morgan fingerprint density at radius 1 is 1.11 bits per heavy atom. The number of hydrogen-bond acceptors (Lipinski definition) is 1. The number of hydrogen-bond donors (Lipinski definition) is 1. The van der Waals surface area contributed by atoms with Crippen LogP contribution in [-0.4, -0.2) is 5.91 Å². The fourth-order valence-corrected chi connectivity index (χ4v) is 2.03. The molecule has 0 aliphatic carbocycles. The molecule has 0 atom stereocenters. The Bertz CT molecular complexity index is 580. The van der Waals surface area contributed by atoms with Crippen LogP contribution in [0, 0.1) is 0 Å². The quantitative estimate of drug-likeness (QED) is 0.830. The highest BCUT2D eigenvalue weighted by atomic mass is 35.5. The van der Waals surface area contributed by atoms with Gasteiger partial charge >= 0.3 is 0 Å². The molecule has 0 spiro atoms. The highest BCUT2D eigenvalue weighted by Crippen LogP contribution is 2.14. The van der Waals surface area contributed by atoms with Gasteiger partial charge in [-0.15, -0.1) is 11.6 Å². The van der Waals surface area contributed by atoms with Gasteiger partial charge < -0.3 is 5.32 Å². The third-order valence-corrected chi connectivity index (χ3v) is 3.25. The number of carbonyl (C=O) groups is 1. The van der Waals surface area contributed by atoms with Crippen molar-refractivity contribution in [2.45, 2.75) is 19.2 Å². The molecule has 0 unspecified atom stereocenters. The van der Waals surface area contributed by atoms with E-state index in [1.54, 1.807) is 6.07 Å². The lowest BCUT2D eigenvalue weighted by molar-refractivity contribution is 0.102. The molecule has 0 saturated heterocycles. The zero-order chi connectivity index (χ0) is 13.7. The average molecular weight is 274 g/mol. The summed E-state index contributed by atoms with van der Waals surface area (Å²) < 4.78 is 0. The molecule has 19 heavy (non-hydrogen) atoms. The van der Waals surface area contributed by atoms with Gasteiger partial charge in [0.2, 0.25) is 0 Å². The summed E-state index contributed by atoms with van der Waals surface area (Å²) in [5, 5.41) is 2.90. The molecule has 1 amide bonds. The topological polar surface area (TPSA) is 29.1 Å². The van der Waals surface area contributed by atoms with Crippen molar-refractivity contribution in [2.75, 3.05) is 5.32 Å². The highest BCUT2D eigenvalue weighted by Gasteiger charge is 2.06. The maximum Gasteiger partial charge on any atom is 0.255 e. The molecule has 2 aromatic rings. The first-order chi connectivity index (χ1) is 9.22. The number of aryl methyl sites for hydroxylation is 1. The summed E-state index contributed by atoms with van der Waals surface area (Å²) in [4.78, 5) is 12.1. The fraction of sp³-hybridized carbons (Fsp3) is 0.188. The Morgan fingerprint density at radius 3 is 2.58 bits per heavy atom. The molecule has 2 aromatic carbocycles. The van der Waals surface area contributed by atoms with Gasteiger partial charge in [0.25, 0.3) is 5.91 Å². The second-order valence-electron chi connectivity index (χ2n) is 4.34. The van der Waals surface area contributed by atoms with Gasteiger partial charge in [0.15, 0.2) is 0 Å². The number of benzene rings is 2. The minimum Gasteiger partial charge on any atom is -0.322 e. The number of alkyl halides is 1. The van der Waals surface area contributed by atoms with Crippen LogP contribution in [0.1, 0.15) is 28.4 Å². The van der Waals surface area contributed by atoms with Crippen molar-refractivity contribution in [3.8, 4) is 0 Å². The van der Waals surface area contributed by atoms with Crippen LogP contribution in [0.15, 0.2) is 48.5 Å². The predicted molar refractivity (Wildman–Crippen MR) is 79.8 cm³/mol. The molecule has 2 nitrogen and oxygen atoms in total. The number of anilines is 1. The van der Waals surface area contributed by atoms with E-state index >= 15 is 0 Å². The Morgan fingerprint density at radius 2 is 1.84 bits per heavy atom. The Labute approximate surface area is 118 Å². The van der Waals surface area contributed by atoms with E-state index in [9.17, 15) is 4.79 Å². The van der Waals surface area contributed by atoms with Crippen molar-refractivity contribution < 1.29 is 4.79 Å². The maximum absolute atomic E-state index is 12.1.